The monoisotopic (exact) mass is 435 g/mol. The molecule has 0 saturated heterocycles. The number of benzene rings is 3. The second-order valence-corrected chi connectivity index (χ2v) is 9.60. The first-order valence-electron chi connectivity index (χ1n) is 10.1. The molecule has 0 saturated carbocycles. The van der Waals surface area contributed by atoms with Crippen molar-refractivity contribution >= 4 is 49.8 Å². The normalized spacial score (nSPS) is 11.4. The Kier molecular flexibility index (Phi) is 4.34. The van der Waals surface area contributed by atoms with Crippen molar-refractivity contribution in [2.24, 2.45) is 0 Å². The van der Waals surface area contributed by atoms with Gasteiger partial charge in [0.25, 0.3) is 0 Å². The molecule has 31 heavy (non-hydrogen) atoms. The van der Waals surface area contributed by atoms with E-state index in [4.69, 9.17) is 0 Å². The van der Waals surface area contributed by atoms with Crippen molar-refractivity contribution < 1.29 is 4.79 Å². The van der Waals surface area contributed by atoms with Gasteiger partial charge in [0.05, 0.1) is 31.7 Å². The molecule has 4 heteroatoms. The Labute approximate surface area is 187 Å². The quantitative estimate of drug-likeness (QED) is 0.257. The van der Waals surface area contributed by atoms with Crippen LogP contribution in [0.3, 0.4) is 0 Å². The minimum absolute atomic E-state index is 0.740. The van der Waals surface area contributed by atoms with Crippen molar-refractivity contribution in [3.05, 3.63) is 102 Å². The van der Waals surface area contributed by atoms with E-state index in [0.717, 1.165) is 33.1 Å². The molecule has 0 aliphatic heterocycles. The maximum atomic E-state index is 11.3. The molecular weight excluding hydrogens is 418 g/mol. The summed E-state index contributed by atoms with van der Waals surface area (Å²) in [5.41, 5.74) is 3.40. The molecule has 0 bridgehead atoms. The second-order valence-electron chi connectivity index (χ2n) is 7.41. The lowest BCUT2D eigenvalue weighted by Crippen LogP contribution is -1.99. The van der Waals surface area contributed by atoms with Crippen LogP contribution >= 0.6 is 22.7 Å². The molecular formula is C27H17NOS2. The van der Waals surface area contributed by atoms with Crippen molar-refractivity contribution in [3.8, 4) is 26.8 Å². The number of aromatic nitrogens is 1. The Balaban J connectivity index is 1.66. The van der Waals surface area contributed by atoms with E-state index >= 15 is 0 Å². The summed E-state index contributed by atoms with van der Waals surface area (Å²) in [4.78, 5) is 14.4. The zero-order valence-electron chi connectivity index (χ0n) is 16.5. The van der Waals surface area contributed by atoms with Crippen LogP contribution in [0.15, 0.2) is 97.1 Å². The molecule has 6 aromatic rings. The minimum Gasteiger partial charge on any atom is -0.307 e. The van der Waals surface area contributed by atoms with E-state index in [2.05, 4.69) is 89.5 Å². The lowest BCUT2D eigenvalue weighted by molar-refractivity contribution is 0.112. The lowest BCUT2D eigenvalue weighted by atomic mass is 10.1. The first kappa shape index (κ1) is 18.3. The van der Waals surface area contributed by atoms with Gasteiger partial charge in [0.1, 0.15) is 0 Å². The molecule has 3 aromatic carbocycles. The van der Waals surface area contributed by atoms with Crippen molar-refractivity contribution in [2.75, 3.05) is 0 Å². The molecule has 3 aromatic heterocycles. The first-order chi connectivity index (χ1) is 15.3. The predicted molar refractivity (Wildman–Crippen MR) is 133 cm³/mol. The molecule has 0 aliphatic carbocycles. The van der Waals surface area contributed by atoms with Gasteiger partial charge in [-0.05, 0) is 53.2 Å². The third kappa shape index (κ3) is 3.03. The van der Waals surface area contributed by atoms with Gasteiger partial charge >= 0.3 is 0 Å². The third-order valence-electron chi connectivity index (χ3n) is 5.56. The summed E-state index contributed by atoms with van der Waals surface area (Å²) in [6, 6.07) is 34.0. The van der Waals surface area contributed by atoms with Gasteiger partial charge in [-0.3, -0.25) is 4.79 Å². The van der Waals surface area contributed by atoms with Crippen LogP contribution in [0.1, 0.15) is 9.67 Å². The van der Waals surface area contributed by atoms with E-state index in [-0.39, 0.29) is 0 Å². The fourth-order valence-corrected chi connectivity index (χ4v) is 6.06. The van der Waals surface area contributed by atoms with Crippen molar-refractivity contribution in [1.29, 1.82) is 0 Å². The number of aldehydes is 1. The maximum absolute atomic E-state index is 11.3. The molecule has 0 spiro atoms. The number of carbonyl (C=O) groups excluding carboxylic acids is 1. The highest BCUT2D eigenvalue weighted by atomic mass is 32.1. The summed E-state index contributed by atoms with van der Waals surface area (Å²) >= 11 is 3.34. The summed E-state index contributed by atoms with van der Waals surface area (Å²) < 4.78 is 3.62. The molecule has 0 amide bonds. The molecule has 0 aliphatic rings. The van der Waals surface area contributed by atoms with E-state index in [9.17, 15) is 4.79 Å². The molecule has 3 heterocycles. The van der Waals surface area contributed by atoms with E-state index in [1.165, 1.54) is 37.1 Å². The van der Waals surface area contributed by atoms with Crippen molar-refractivity contribution in [2.45, 2.75) is 0 Å². The summed E-state index contributed by atoms with van der Waals surface area (Å²) in [6.45, 7) is 0. The van der Waals surface area contributed by atoms with E-state index in [0.29, 0.717) is 0 Å². The summed E-state index contributed by atoms with van der Waals surface area (Å²) in [5, 5.41) is 3.67. The maximum Gasteiger partial charge on any atom is 0.160 e. The zero-order valence-corrected chi connectivity index (χ0v) is 18.1. The molecule has 0 fully saturated rings. The number of hydrogen-bond acceptors (Lipinski definition) is 3. The molecule has 0 atom stereocenters. The standard InChI is InChI=1S/C27H17NOS2/c29-17-20-12-15-26(30-20)23-13-14-24(27-16-19-7-2-4-11-25(19)31-27)28(23)22-10-5-8-18-6-1-3-9-21(18)22/h1-17H. The highest BCUT2D eigenvalue weighted by molar-refractivity contribution is 7.22. The van der Waals surface area contributed by atoms with Gasteiger partial charge in [-0.25, -0.2) is 0 Å². The van der Waals surface area contributed by atoms with Crippen LogP contribution in [0.2, 0.25) is 0 Å². The van der Waals surface area contributed by atoms with Gasteiger partial charge in [0, 0.05) is 10.1 Å². The summed E-state index contributed by atoms with van der Waals surface area (Å²) in [5.74, 6) is 0. The Bertz CT molecular complexity index is 1530. The average molecular weight is 436 g/mol. The molecule has 0 unspecified atom stereocenters. The smallest absolute Gasteiger partial charge is 0.160 e. The third-order valence-corrected chi connectivity index (χ3v) is 7.73. The highest BCUT2D eigenvalue weighted by Gasteiger charge is 2.18. The topological polar surface area (TPSA) is 22.0 Å². The molecule has 148 valence electrons. The van der Waals surface area contributed by atoms with Crippen LogP contribution in [0.5, 0.6) is 0 Å². The Morgan fingerprint density at radius 1 is 0.645 bits per heavy atom. The van der Waals surface area contributed by atoms with Crippen molar-refractivity contribution in [3.63, 3.8) is 0 Å². The minimum atomic E-state index is 0.740. The van der Waals surface area contributed by atoms with E-state index in [1.54, 1.807) is 0 Å². The van der Waals surface area contributed by atoms with E-state index < -0.39 is 0 Å². The fraction of sp³-hybridized carbons (Fsp3) is 0. The van der Waals surface area contributed by atoms with E-state index in [1.807, 2.05) is 23.5 Å². The van der Waals surface area contributed by atoms with Gasteiger partial charge in [0.15, 0.2) is 6.29 Å². The van der Waals surface area contributed by atoms with Crippen LogP contribution in [-0.2, 0) is 0 Å². The summed E-state index contributed by atoms with van der Waals surface area (Å²) in [6.07, 6.45) is 0.923. The Hall–Kier alpha value is -3.47. The van der Waals surface area contributed by atoms with Crippen LogP contribution in [0.4, 0.5) is 0 Å². The molecule has 0 N–H and O–H groups in total. The highest BCUT2D eigenvalue weighted by Crippen LogP contribution is 2.41. The first-order valence-corrected chi connectivity index (χ1v) is 11.7. The average Bonchev–Trinajstić information content (AvgIpc) is 3.55. The van der Waals surface area contributed by atoms with Gasteiger partial charge in [-0.15, -0.1) is 22.7 Å². The predicted octanol–water partition coefficient (Wildman–Crippen LogP) is 8.05. The SMILES string of the molecule is O=Cc1ccc(-c2ccc(-c3cc4ccccc4s3)n2-c2cccc3ccccc23)s1. The van der Waals surface area contributed by atoms with Crippen molar-refractivity contribution in [1.82, 2.24) is 4.57 Å². The number of rotatable bonds is 4. The molecule has 6 rings (SSSR count). The lowest BCUT2D eigenvalue weighted by Gasteiger charge is -2.15. The Morgan fingerprint density at radius 3 is 2.19 bits per heavy atom. The van der Waals surface area contributed by atoms with Gasteiger partial charge in [-0.2, -0.15) is 0 Å². The fourth-order valence-electron chi connectivity index (χ4n) is 4.15. The number of fused-ring (bicyclic) bond motifs is 2. The van der Waals surface area contributed by atoms with Crippen LogP contribution in [-0.4, -0.2) is 10.9 Å². The second kappa shape index (κ2) is 7.34. The number of thiophene rings is 2. The largest absolute Gasteiger partial charge is 0.307 e. The Morgan fingerprint density at radius 2 is 1.39 bits per heavy atom. The number of hydrogen-bond donors (Lipinski definition) is 0. The zero-order chi connectivity index (χ0) is 20.8. The van der Waals surface area contributed by atoms with Gasteiger partial charge in [0.2, 0.25) is 0 Å². The van der Waals surface area contributed by atoms with Crippen LogP contribution < -0.4 is 0 Å². The van der Waals surface area contributed by atoms with Crippen LogP contribution in [0.25, 0.3) is 47.7 Å². The number of carbonyl (C=O) groups is 1. The molecule has 2 nitrogen and oxygen atoms in total. The van der Waals surface area contributed by atoms with Crippen LogP contribution in [0, 0.1) is 0 Å². The van der Waals surface area contributed by atoms with Gasteiger partial charge in [-0.1, -0.05) is 54.6 Å². The molecule has 0 radical (unpaired) electrons. The summed E-state index contributed by atoms with van der Waals surface area (Å²) in [7, 11) is 0. The number of nitrogens with zero attached hydrogens (tertiary/aromatic N) is 1. The van der Waals surface area contributed by atoms with Gasteiger partial charge < -0.3 is 4.57 Å².